The molecule has 0 aliphatic rings. The zero-order valence-electron chi connectivity index (χ0n) is 12.7. The van der Waals surface area contributed by atoms with E-state index in [0.717, 1.165) is 0 Å². The molecule has 1 aromatic carbocycles. The number of carbonyl (C=O) groups excluding carboxylic acids is 2. The molecule has 2 amide bonds. The van der Waals surface area contributed by atoms with Crippen molar-refractivity contribution in [3.8, 4) is 0 Å². The van der Waals surface area contributed by atoms with Gasteiger partial charge in [0, 0.05) is 16.8 Å². The molecule has 0 aliphatic heterocycles. The molecule has 0 fully saturated rings. The van der Waals surface area contributed by atoms with Crippen LogP contribution < -0.4 is 16.0 Å². The van der Waals surface area contributed by atoms with Gasteiger partial charge in [0.15, 0.2) is 0 Å². The van der Waals surface area contributed by atoms with Gasteiger partial charge in [-0.15, -0.1) is 0 Å². The standard InChI is InChI=1S/C15H23N3O2/c1-10(16-5)13(19)17-11-6-8-12(9-7-11)18-14(20)15(2,3)4/h6-10,16H,1-5H3,(H,17,19)(H,18,20). The van der Waals surface area contributed by atoms with Crippen LogP contribution in [0.2, 0.25) is 0 Å². The second-order valence-electron chi connectivity index (χ2n) is 5.78. The van der Waals surface area contributed by atoms with Gasteiger partial charge >= 0.3 is 0 Å². The highest BCUT2D eigenvalue weighted by Gasteiger charge is 2.21. The molecule has 0 aliphatic carbocycles. The summed E-state index contributed by atoms with van der Waals surface area (Å²) in [7, 11) is 1.73. The molecule has 1 atom stereocenters. The average molecular weight is 277 g/mol. The van der Waals surface area contributed by atoms with E-state index in [1.54, 1.807) is 38.2 Å². The molecule has 0 heterocycles. The molecule has 1 unspecified atom stereocenters. The minimum absolute atomic E-state index is 0.0434. The molecular formula is C15H23N3O2. The Kier molecular flexibility index (Phi) is 5.27. The quantitative estimate of drug-likeness (QED) is 0.790. The molecule has 1 aromatic rings. The predicted octanol–water partition coefficient (Wildman–Crippen LogP) is 2.22. The summed E-state index contributed by atoms with van der Waals surface area (Å²) in [4.78, 5) is 23.5. The maximum atomic E-state index is 11.8. The molecular weight excluding hydrogens is 254 g/mol. The van der Waals surface area contributed by atoms with Crippen LogP contribution >= 0.6 is 0 Å². The molecule has 0 saturated carbocycles. The molecule has 0 bridgehead atoms. The molecule has 5 heteroatoms. The van der Waals surface area contributed by atoms with Crippen molar-refractivity contribution in [1.29, 1.82) is 0 Å². The van der Waals surface area contributed by atoms with E-state index in [-0.39, 0.29) is 17.9 Å². The first-order valence-corrected chi connectivity index (χ1v) is 6.63. The van der Waals surface area contributed by atoms with Crippen molar-refractivity contribution < 1.29 is 9.59 Å². The molecule has 5 nitrogen and oxygen atoms in total. The number of hydrogen-bond donors (Lipinski definition) is 3. The second kappa shape index (κ2) is 6.52. The fourth-order valence-corrected chi connectivity index (χ4v) is 1.34. The van der Waals surface area contributed by atoms with Gasteiger partial charge in [0.1, 0.15) is 0 Å². The van der Waals surface area contributed by atoms with E-state index in [1.807, 2.05) is 20.8 Å². The van der Waals surface area contributed by atoms with Gasteiger partial charge in [0.2, 0.25) is 11.8 Å². The zero-order valence-corrected chi connectivity index (χ0v) is 12.7. The van der Waals surface area contributed by atoms with Crippen LogP contribution in [-0.4, -0.2) is 24.9 Å². The van der Waals surface area contributed by atoms with Gasteiger partial charge < -0.3 is 16.0 Å². The van der Waals surface area contributed by atoms with Crippen molar-refractivity contribution >= 4 is 23.2 Å². The predicted molar refractivity (Wildman–Crippen MR) is 81.7 cm³/mol. The molecule has 0 saturated heterocycles. The largest absolute Gasteiger partial charge is 0.326 e. The van der Waals surface area contributed by atoms with Crippen LogP contribution in [0.5, 0.6) is 0 Å². The minimum atomic E-state index is -0.435. The first-order valence-electron chi connectivity index (χ1n) is 6.63. The summed E-state index contributed by atoms with van der Waals surface area (Å²) in [6.45, 7) is 7.36. The smallest absolute Gasteiger partial charge is 0.241 e. The van der Waals surface area contributed by atoms with E-state index < -0.39 is 5.41 Å². The third-order valence-electron chi connectivity index (χ3n) is 2.92. The Morgan fingerprint density at radius 3 is 1.85 bits per heavy atom. The number of rotatable bonds is 4. The Labute approximate surface area is 120 Å². The molecule has 1 rings (SSSR count). The molecule has 0 radical (unpaired) electrons. The van der Waals surface area contributed by atoms with Crippen molar-refractivity contribution in [2.75, 3.05) is 17.7 Å². The summed E-state index contributed by atoms with van der Waals surface area (Å²) >= 11 is 0. The Bertz CT molecular complexity index is 475. The Morgan fingerprint density at radius 1 is 1.00 bits per heavy atom. The molecule has 0 aromatic heterocycles. The SMILES string of the molecule is CNC(C)C(=O)Nc1ccc(NC(=O)C(C)(C)C)cc1. The summed E-state index contributed by atoms with van der Waals surface area (Å²) in [5, 5.41) is 8.49. The lowest BCUT2D eigenvalue weighted by molar-refractivity contribution is -0.123. The van der Waals surface area contributed by atoms with Crippen molar-refractivity contribution in [2.45, 2.75) is 33.7 Å². The first kappa shape index (κ1) is 16.2. The summed E-state index contributed by atoms with van der Waals surface area (Å²) in [6.07, 6.45) is 0. The van der Waals surface area contributed by atoms with Crippen molar-refractivity contribution in [1.82, 2.24) is 5.32 Å². The molecule has 3 N–H and O–H groups in total. The van der Waals surface area contributed by atoms with Crippen molar-refractivity contribution in [3.05, 3.63) is 24.3 Å². The fourth-order valence-electron chi connectivity index (χ4n) is 1.34. The monoisotopic (exact) mass is 277 g/mol. The average Bonchev–Trinajstić information content (AvgIpc) is 2.38. The minimum Gasteiger partial charge on any atom is -0.326 e. The normalized spacial score (nSPS) is 12.7. The van der Waals surface area contributed by atoms with E-state index in [9.17, 15) is 9.59 Å². The van der Waals surface area contributed by atoms with Gasteiger partial charge in [-0.05, 0) is 38.2 Å². The lowest BCUT2D eigenvalue weighted by atomic mass is 9.95. The number of benzene rings is 1. The zero-order chi connectivity index (χ0) is 15.3. The number of amides is 2. The summed E-state index contributed by atoms with van der Waals surface area (Å²) in [6, 6.07) is 6.80. The van der Waals surface area contributed by atoms with Gasteiger partial charge in [-0.2, -0.15) is 0 Å². The van der Waals surface area contributed by atoms with Gasteiger partial charge in [-0.3, -0.25) is 9.59 Å². The summed E-state index contributed by atoms with van der Waals surface area (Å²) in [5.74, 6) is -0.142. The van der Waals surface area contributed by atoms with Crippen LogP contribution in [0.4, 0.5) is 11.4 Å². The van der Waals surface area contributed by atoms with Gasteiger partial charge in [-0.25, -0.2) is 0 Å². The number of carbonyl (C=O) groups is 2. The maximum Gasteiger partial charge on any atom is 0.241 e. The van der Waals surface area contributed by atoms with Crippen LogP contribution in [0, 0.1) is 5.41 Å². The Hall–Kier alpha value is -1.88. The highest BCUT2D eigenvalue weighted by molar-refractivity contribution is 5.96. The number of likely N-dealkylation sites (N-methyl/N-ethyl adjacent to an activating group) is 1. The number of hydrogen-bond acceptors (Lipinski definition) is 3. The van der Waals surface area contributed by atoms with Crippen LogP contribution in [0.3, 0.4) is 0 Å². The maximum absolute atomic E-state index is 11.8. The Morgan fingerprint density at radius 2 is 1.45 bits per heavy atom. The molecule has 0 spiro atoms. The van der Waals surface area contributed by atoms with E-state index >= 15 is 0 Å². The van der Waals surface area contributed by atoms with Gasteiger partial charge in [0.05, 0.1) is 6.04 Å². The Balaban J connectivity index is 2.65. The van der Waals surface area contributed by atoms with Crippen LogP contribution in [0.15, 0.2) is 24.3 Å². The van der Waals surface area contributed by atoms with E-state index in [1.165, 1.54) is 0 Å². The third kappa shape index (κ3) is 4.66. The third-order valence-corrected chi connectivity index (χ3v) is 2.92. The van der Waals surface area contributed by atoms with Gasteiger partial charge in [0.25, 0.3) is 0 Å². The van der Waals surface area contributed by atoms with Gasteiger partial charge in [-0.1, -0.05) is 20.8 Å². The van der Waals surface area contributed by atoms with Crippen molar-refractivity contribution in [3.63, 3.8) is 0 Å². The van der Waals surface area contributed by atoms with Crippen LogP contribution in [0.1, 0.15) is 27.7 Å². The fraction of sp³-hybridized carbons (Fsp3) is 0.467. The lowest BCUT2D eigenvalue weighted by Gasteiger charge is -2.18. The lowest BCUT2D eigenvalue weighted by Crippen LogP contribution is -2.35. The number of nitrogens with one attached hydrogen (secondary N) is 3. The summed E-state index contributed by atoms with van der Waals surface area (Å²) in [5.41, 5.74) is 0.977. The van der Waals surface area contributed by atoms with Crippen LogP contribution in [0.25, 0.3) is 0 Å². The second-order valence-corrected chi connectivity index (χ2v) is 5.78. The van der Waals surface area contributed by atoms with E-state index in [4.69, 9.17) is 0 Å². The van der Waals surface area contributed by atoms with E-state index in [0.29, 0.717) is 11.4 Å². The van der Waals surface area contributed by atoms with Crippen LogP contribution in [-0.2, 0) is 9.59 Å². The molecule has 20 heavy (non-hydrogen) atoms. The molecule has 110 valence electrons. The first-order chi connectivity index (χ1) is 9.24. The highest BCUT2D eigenvalue weighted by atomic mass is 16.2. The topological polar surface area (TPSA) is 70.2 Å². The highest BCUT2D eigenvalue weighted by Crippen LogP contribution is 2.19. The van der Waals surface area contributed by atoms with Crippen molar-refractivity contribution in [2.24, 2.45) is 5.41 Å². The summed E-state index contributed by atoms with van der Waals surface area (Å²) < 4.78 is 0. The van der Waals surface area contributed by atoms with E-state index in [2.05, 4.69) is 16.0 Å². The number of anilines is 2.